The van der Waals surface area contributed by atoms with Gasteiger partial charge in [0.1, 0.15) is 17.3 Å². The molecule has 0 bridgehead atoms. The van der Waals surface area contributed by atoms with Crippen molar-refractivity contribution >= 4 is 0 Å². The van der Waals surface area contributed by atoms with Crippen LogP contribution in [0.5, 0.6) is 0 Å². The van der Waals surface area contributed by atoms with Gasteiger partial charge in [-0.1, -0.05) is 12.5 Å². The quantitative estimate of drug-likeness (QED) is 0.705. The molecule has 2 aliphatic heterocycles. The molecular formula is C18H24O5. The average Bonchev–Trinajstić information content (AvgIpc) is 2.97. The molecule has 0 unspecified atom stereocenters. The van der Waals surface area contributed by atoms with Crippen molar-refractivity contribution in [1.29, 1.82) is 0 Å². The summed E-state index contributed by atoms with van der Waals surface area (Å²) in [6.07, 6.45) is 4.80. The molecule has 0 aromatic rings. The Morgan fingerprint density at radius 2 is 2.17 bits per heavy atom. The maximum Gasteiger partial charge on any atom is 0.164 e. The number of aliphatic hydroxyl groups excluding tert-OH is 1. The Kier molecular flexibility index (Phi) is 2.13. The van der Waals surface area contributed by atoms with Gasteiger partial charge in [0, 0.05) is 11.3 Å². The summed E-state index contributed by atoms with van der Waals surface area (Å²) in [6.45, 7) is 4.52. The van der Waals surface area contributed by atoms with Crippen LogP contribution in [0, 0.1) is 23.2 Å². The topological polar surface area (TPSA) is 68.2 Å². The second kappa shape index (κ2) is 3.56. The monoisotopic (exact) mass is 320 g/mol. The third-order valence-corrected chi connectivity index (χ3v) is 7.98. The Bertz CT molecular complexity index is 643. The molecular weight excluding hydrogens is 296 g/mol. The molecule has 5 heteroatoms. The molecule has 126 valence electrons. The minimum absolute atomic E-state index is 0.0157. The molecule has 0 amide bonds. The van der Waals surface area contributed by atoms with Crippen LogP contribution in [0.2, 0.25) is 0 Å². The number of hydrogen-bond donors (Lipinski definition) is 2. The molecule has 0 aromatic heterocycles. The van der Waals surface area contributed by atoms with Crippen LogP contribution in [0.15, 0.2) is 11.6 Å². The lowest BCUT2D eigenvalue weighted by atomic mass is 9.23. The number of fused-ring (bicyclic) bond motifs is 2. The lowest BCUT2D eigenvalue weighted by molar-refractivity contribution is -0.417. The Labute approximate surface area is 135 Å². The van der Waals surface area contributed by atoms with E-state index in [4.69, 9.17) is 14.2 Å². The van der Waals surface area contributed by atoms with E-state index in [2.05, 4.69) is 0 Å². The highest BCUT2D eigenvalue weighted by atomic mass is 16.8. The molecule has 2 saturated heterocycles. The van der Waals surface area contributed by atoms with Gasteiger partial charge in [-0.15, -0.1) is 0 Å². The molecule has 4 aliphatic carbocycles. The van der Waals surface area contributed by atoms with E-state index in [1.807, 2.05) is 19.9 Å². The second-order valence-electron chi connectivity index (χ2n) is 8.86. The fraction of sp³-hybridized carbons (Fsp3) is 0.889. The molecule has 6 aliphatic rings. The van der Waals surface area contributed by atoms with Gasteiger partial charge >= 0.3 is 0 Å². The zero-order valence-corrected chi connectivity index (χ0v) is 13.6. The first kappa shape index (κ1) is 13.8. The summed E-state index contributed by atoms with van der Waals surface area (Å²) in [7, 11) is 0. The van der Waals surface area contributed by atoms with E-state index in [0.29, 0.717) is 23.3 Å². The van der Waals surface area contributed by atoms with E-state index in [1.165, 1.54) is 0 Å². The Hall–Kier alpha value is -0.460. The van der Waals surface area contributed by atoms with E-state index in [0.717, 1.165) is 25.9 Å². The SMILES string of the molecule is CC1(C)O[C@@H]2[C@]3(CCC[C@@H]4[C@H]5CO[C@H]6C=C(CO)[C@]2(O)[C@]43[C@@H]56)O1. The van der Waals surface area contributed by atoms with Crippen molar-refractivity contribution in [3.8, 4) is 0 Å². The Balaban J connectivity index is 1.62. The van der Waals surface area contributed by atoms with Gasteiger partial charge in [0.25, 0.3) is 0 Å². The van der Waals surface area contributed by atoms with E-state index in [9.17, 15) is 10.2 Å². The zero-order chi connectivity index (χ0) is 15.8. The first-order valence-electron chi connectivity index (χ1n) is 8.96. The molecule has 2 spiro atoms. The van der Waals surface area contributed by atoms with Gasteiger partial charge in [0.05, 0.1) is 19.3 Å². The van der Waals surface area contributed by atoms with Crippen LogP contribution in [0.3, 0.4) is 0 Å². The van der Waals surface area contributed by atoms with Gasteiger partial charge in [-0.3, -0.25) is 0 Å². The third-order valence-electron chi connectivity index (χ3n) is 7.98. The zero-order valence-electron chi connectivity index (χ0n) is 13.6. The summed E-state index contributed by atoms with van der Waals surface area (Å²) in [5.74, 6) is 0.560. The van der Waals surface area contributed by atoms with E-state index in [-0.39, 0.29) is 24.2 Å². The summed E-state index contributed by atoms with van der Waals surface area (Å²) in [5, 5.41) is 21.8. The molecule has 2 N–H and O–H groups in total. The minimum Gasteiger partial charge on any atom is -0.392 e. The van der Waals surface area contributed by atoms with Gasteiger partial charge in [-0.25, -0.2) is 0 Å². The predicted molar refractivity (Wildman–Crippen MR) is 79.4 cm³/mol. The van der Waals surface area contributed by atoms with Gasteiger partial charge in [0.2, 0.25) is 0 Å². The average molecular weight is 320 g/mol. The van der Waals surface area contributed by atoms with Gasteiger partial charge in [-0.2, -0.15) is 0 Å². The van der Waals surface area contributed by atoms with Crippen molar-refractivity contribution in [1.82, 2.24) is 0 Å². The van der Waals surface area contributed by atoms with Crippen molar-refractivity contribution in [2.45, 2.75) is 62.3 Å². The van der Waals surface area contributed by atoms with Crippen LogP contribution < -0.4 is 0 Å². The van der Waals surface area contributed by atoms with Crippen molar-refractivity contribution in [2.75, 3.05) is 13.2 Å². The molecule has 6 rings (SSSR count). The van der Waals surface area contributed by atoms with Crippen molar-refractivity contribution in [3.05, 3.63) is 11.6 Å². The van der Waals surface area contributed by atoms with Crippen molar-refractivity contribution in [2.24, 2.45) is 23.2 Å². The molecule has 3 saturated carbocycles. The Morgan fingerprint density at radius 1 is 1.35 bits per heavy atom. The van der Waals surface area contributed by atoms with Crippen LogP contribution in [-0.2, 0) is 14.2 Å². The normalized spacial score (nSPS) is 63.3. The largest absolute Gasteiger partial charge is 0.392 e. The summed E-state index contributed by atoms with van der Waals surface area (Å²) in [6, 6.07) is 0. The summed E-state index contributed by atoms with van der Waals surface area (Å²) >= 11 is 0. The summed E-state index contributed by atoms with van der Waals surface area (Å²) < 4.78 is 18.8. The van der Waals surface area contributed by atoms with Crippen molar-refractivity contribution in [3.63, 3.8) is 0 Å². The molecule has 0 radical (unpaired) electrons. The minimum atomic E-state index is -1.09. The lowest BCUT2D eigenvalue weighted by Gasteiger charge is -2.83. The lowest BCUT2D eigenvalue weighted by Crippen LogP contribution is -2.94. The summed E-state index contributed by atoms with van der Waals surface area (Å²) in [5.41, 5.74) is -1.13. The second-order valence-corrected chi connectivity index (χ2v) is 8.86. The maximum absolute atomic E-state index is 11.8. The number of rotatable bonds is 1. The molecule has 5 nitrogen and oxygen atoms in total. The predicted octanol–water partition coefficient (Wildman–Crippen LogP) is 0.985. The first-order valence-corrected chi connectivity index (χ1v) is 8.96. The van der Waals surface area contributed by atoms with Gasteiger partial charge in [0.15, 0.2) is 5.79 Å². The van der Waals surface area contributed by atoms with Crippen LogP contribution >= 0.6 is 0 Å². The van der Waals surface area contributed by atoms with Gasteiger partial charge < -0.3 is 24.4 Å². The van der Waals surface area contributed by atoms with Gasteiger partial charge in [-0.05, 0) is 44.1 Å². The molecule has 8 atom stereocenters. The Morgan fingerprint density at radius 3 is 2.96 bits per heavy atom. The first-order chi connectivity index (χ1) is 10.9. The molecule has 2 heterocycles. The van der Waals surface area contributed by atoms with Crippen molar-refractivity contribution < 1.29 is 24.4 Å². The molecule has 23 heavy (non-hydrogen) atoms. The third kappa shape index (κ3) is 1.05. The number of ether oxygens (including phenoxy) is 3. The standard InChI is InChI=1S/C18H24O5/c1-15(2)22-14-16(23-15)5-3-4-11-10-8-21-12-6-9(7-19)18(14,20)17(11,16)13(10)12/h6,10-14,19-20H,3-5,7-8H2,1-2H3/t10-,11-,12+,13+,14-,16+,17+,18-/m1/s1. The van der Waals surface area contributed by atoms with Crippen LogP contribution in [-0.4, -0.2) is 52.6 Å². The number of hydrogen-bond acceptors (Lipinski definition) is 5. The fourth-order valence-electron chi connectivity index (χ4n) is 7.82. The van der Waals surface area contributed by atoms with Crippen LogP contribution in [0.1, 0.15) is 33.1 Å². The highest BCUT2D eigenvalue weighted by molar-refractivity contribution is 5.52. The smallest absolute Gasteiger partial charge is 0.164 e. The fourth-order valence-corrected chi connectivity index (χ4v) is 7.82. The van der Waals surface area contributed by atoms with E-state index in [1.54, 1.807) is 0 Å². The highest BCUT2D eigenvalue weighted by Crippen LogP contribution is 2.86. The molecule has 5 fully saturated rings. The molecule has 0 aromatic carbocycles. The van der Waals surface area contributed by atoms with Crippen LogP contribution in [0.4, 0.5) is 0 Å². The highest BCUT2D eigenvalue weighted by Gasteiger charge is 2.96. The summed E-state index contributed by atoms with van der Waals surface area (Å²) in [4.78, 5) is 0. The number of aliphatic hydroxyl groups is 2. The van der Waals surface area contributed by atoms with E-state index < -0.39 is 17.0 Å². The maximum atomic E-state index is 11.8. The van der Waals surface area contributed by atoms with E-state index >= 15 is 0 Å². The van der Waals surface area contributed by atoms with Crippen LogP contribution in [0.25, 0.3) is 0 Å².